The van der Waals surface area contributed by atoms with Crippen molar-refractivity contribution in [1.29, 1.82) is 0 Å². The van der Waals surface area contributed by atoms with Crippen LogP contribution in [0.1, 0.15) is 15.9 Å². The van der Waals surface area contributed by atoms with E-state index >= 15 is 0 Å². The molecule has 29 heavy (non-hydrogen) atoms. The number of aliphatic imine (C=N–C) groups is 2. The number of nitrogens with zero attached hydrogens (tertiary/aromatic N) is 4. The van der Waals surface area contributed by atoms with Gasteiger partial charge in [-0.05, 0) is 30.3 Å². The van der Waals surface area contributed by atoms with Crippen LogP contribution in [0.4, 0.5) is 5.69 Å². The van der Waals surface area contributed by atoms with Crippen LogP contribution in [0.5, 0.6) is 11.5 Å². The fraction of sp³-hybridized carbons (Fsp3) is 0.200. The SMILES string of the molecule is COc1ccc2c(c1OC)N=C(NC(=O)c1ccc3[nH]cnc3c1)N1CCN=C21. The average Bonchev–Trinajstić information content (AvgIpc) is 3.41. The number of ether oxygens (including phenoxy) is 2. The first kappa shape index (κ1) is 17.2. The Morgan fingerprint density at radius 2 is 2.10 bits per heavy atom. The molecule has 9 nitrogen and oxygen atoms in total. The largest absolute Gasteiger partial charge is 0.493 e. The highest BCUT2D eigenvalue weighted by Gasteiger charge is 2.33. The Morgan fingerprint density at radius 1 is 1.21 bits per heavy atom. The van der Waals surface area contributed by atoms with Crippen LogP contribution in [0.3, 0.4) is 0 Å². The van der Waals surface area contributed by atoms with E-state index in [9.17, 15) is 4.79 Å². The van der Waals surface area contributed by atoms with Crippen LogP contribution in [-0.2, 0) is 0 Å². The van der Waals surface area contributed by atoms with E-state index in [-0.39, 0.29) is 5.91 Å². The van der Waals surface area contributed by atoms with E-state index in [1.165, 1.54) is 0 Å². The third kappa shape index (κ3) is 2.70. The van der Waals surface area contributed by atoms with E-state index in [4.69, 9.17) is 9.47 Å². The van der Waals surface area contributed by atoms with Gasteiger partial charge >= 0.3 is 0 Å². The number of carbonyl (C=O) groups excluding carboxylic acids is 1. The first-order valence-corrected chi connectivity index (χ1v) is 9.10. The molecule has 1 amide bonds. The number of methoxy groups -OCH3 is 2. The van der Waals surface area contributed by atoms with Crippen LogP contribution >= 0.6 is 0 Å². The van der Waals surface area contributed by atoms with Crippen LogP contribution in [-0.4, -0.2) is 59.9 Å². The topological polar surface area (TPSA) is 104 Å². The molecular formula is C20H18N6O3. The molecule has 2 N–H and O–H groups in total. The predicted molar refractivity (Wildman–Crippen MR) is 108 cm³/mol. The summed E-state index contributed by atoms with van der Waals surface area (Å²) >= 11 is 0. The molecule has 3 aromatic rings. The Labute approximate surface area is 166 Å². The number of imidazole rings is 1. The maximum absolute atomic E-state index is 12.9. The van der Waals surface area contributed by atoms with Gasteiger partial charge in [-0.15, -0.1) is 0 Å². The maximum atomic E-state index is 12.9. The molecule has 0 bridgehead atoms. The molecule has 0 saturated heterocycles. The lowest BCUT2D eigenvalue weighted by atomic mass is 10.1. The van der Waals surface area contributed by atoms with Gasteiger partial charge in [0, 0.05) is 17.7 Å². The highest BCUT2D eigenvalue weighted by Crippen LogP contribution is 2.42. The van der Waals surface area contributed by atoms with Gasteiger partial charge in [-0.2, -0.15) is 0 Å². The normalized spacial score (nSPS) is 14.8. The summed E-state index contributed by atoms with van der Waals surface area (Å²) in [5.41, 5.74) is 3.52. The summed E-state index contributed by atoms with van der Waals surface area (Å²) in [6, 6.07) is 9.04. The summed E-state index contributed by atoms with van der Waals surface area (Å²) in [6.07, 6.45) is 1.60. The number of amides is 1. The molecule has 146 valence electrons. The predicted octanol–water partition coefficient (Wildman–Crippen LogP) is 2.07. The van der Waals surface area contributed by atoms with Crippen LogP contribution < -0.4 is 14.8 Å². The molecule has 2 aliphatic rings. The van der Waals surface area contributed by atoms with Gasteiger partial charge in [-0.3, -0.25) is 20.0 Å². The molecule has 0 saturated carbocycles. The smallest absolute Gasteiger partial charge is 0.258 e. The zero-order valence-corrected chi connectivity index (χ0v) is 15.9. The van der Waals surface area contributed by atoms with Crippen molar-refractivity contribution in [2.24, 2.45) is 9.98 Å². The standard InChI is InChI=1S/C20H18N6O3/c1-28-15-6-4-12-16(17(15)29-2)24-20(26-8-7-21-18(12)26)25-19(27)11-3-5-13-14(9-11)23-10-22-13/h3-6,9-10H,7-8H2,1-2H3,(H,22,23)(H,24,25,27). The lowest BCUT2D eigenvalue weighted by Gasteiger charge is -2.28. The molecule has 5 rings (SSSR count). The molecule has 0 spiro atoms. The number of aromatic amines is 1. The van der Waals surface area contributed by atoms with Crippen LogP contribution in [0, 0.1) is 0 Å². The quantitative estimate of drug-likeness (QED) is 0.713. The van der Waals surface area contributed by atoms with Crippen molar-refractivity contribution in [1.82, 2.24) is 20.2 Å². The van der Waals surface area contributed by atoms with Gasteiger partial charge in [0.15, 0.2) is 11.5 Å². The van der Waals surface area contributed by atoms with Crippen molar-refractivity contribution in [3.63, 3.8) is 0 Å². The van der Waals surface area contributed by atoms with E-state index in [0.29, 0.717) is 41.8 Å². The summed E-state index contributed by atoms with van der Waals surface area (Å²) in [7, 11) is 3.14. The van der Waals surface area contributed by atoms with Gasteiger partial charge in [0.25, 0.3) is 5.91 Å². The Balaban J connectivity index is 1.55. The van der Waals surface area contributed by atoms with Crippen molar-refractivity contribution in [3.8, 4) is 11.5 Å². The van der Waals surface area contributed by atoms with Gasteiger partial charge in [0.2, 0.25) is 5.96 Å². The second kappa shape index (κ2) is 6.62. The number of hydrogen-bond donors (Lipinski definition) is 2. The summed E-state index contributed by atoms with van der Waals surface area (Å²) in [5, 5.41) is 2.91. The molecular weight excluding hydrogens is 372 g/mol. The Morgan fingerprint density at radius 3 is 2.93 bits per heavy atom. The summed E-state index contributed by atoms with van der Waals surface area (Å²) in [4.78, 5) is 31.3. The zero-order chi connectivity index (χ0) is 20.0. The summed E-state index contributed by atoms with van der Waals surface area (Å²) in [5.74, 6) is 1.97. The van der Waals surface area contributed by atoms with Gasteiger partial charge in [-0.25, -0.2) is 9.98 Å². The first-order valence-electron chi connectivity index (χ1n) is 9.10. The van der Waals surface area contributed by atoms with Gasteiger partial charge in [0.05, 0.1) is 38.1 Å². The average molecular weight is 390 g/mol. The summed E-state index contributed by atoms with van der Waals surface area (Å²) < 4.78 is 10.9. The number of amidine groups is 1. The van der Waals surface area contributed by atoms with E-state index in [0.717, 1.165) is 22.4 Å². The highest BCUT2D eigenvalue weighted by molar-refractivity contribution is 6.20. The fourth-order valence-corrected chi connectivity index (χ4v) is 3.59. The number of fused-ring (bicyclic) bond motifs is 4. The third-order valence-electron chi connectivity index (χ3n) is 4.98. The minimum absolute atomic E-state index is 0.273. The number of nitrogens with one attached hydrogen (secondary N) is 2. The molecule has 1 aromatic heterocycles. The Bertz CT molecular complexity index is 1200. The molecule has 0 fully saturated rings. The minimum Gasteiger partial charge on any atom is -0.493 e. The molecule has 2 aliphatic heterocycles. The number of aromatic nitrogens is 2. The van der Waals surface area contributed by atoms with E-state index < -0.39 is 0 Å². The maximum Gasteiger partial charge on any atom is 0.258 e. The lowest BCUT2D eigenvalue weighted by molar-refractivity contribution is 0.0974. The summed E-state index contributed by atoms with van der Waals surface area (Å²) in [6.45, 7) is 1.26. The number of guanidine groups is 1. The first-order chi connectivity index (χ1) is 14.2. The van der Waals surface area contributed by atoms with Crippen molar-refractivity contribution in [2.75, 3.05) is 27.3 Å². The Kier molecular flexibility index (Phi) is 3.94. The molecule has 3 heterocycles. The number of hydrogen-bond acceptors (Lipinski definition) is 7. The fourth-order valence-electron chi connectivity index (χ4n) is 3.59. The van der Waals surface area contributed by atoms with Crippen LogP contribution in [0.15, 0.2) is 46.6 Å². The van der Waals surface area contributed by atoms with Crippen LogP contribution in [0.2, 0.25) is 0 Å². The second-order valence-corrected chi connectivity index (χ2v) is 6.58. The van der Waals surface area contributed by atoms with Gasteiger partial charge in [-0.1, -0.05) is 0 Å². The molecule has 9 heteroatoms. The van der Waals surface area contributed by atoms with Crippen molar-refractivity contribution < 1.29 is 14.3 Å². The highest BCUT2D eigenvalue weighted by atomic mass is 16.5. The minimum atomic E-state index is -0.273. The lowest BCUT2D eigenvalue weighted by Crippen LogP contribution is -2.47. The number of carbonyl (C=O) groups is 1. The van der Waals surface area contributed by atoms with E-state index in [2.05, 4.69) is 25.3 Å². The van der Waals surface area contributed by atoms with Crippen molar-refractivity contribution >= 4 is 34.4 Å². The number of rotatable bonds is 3. The molecule has 0 atom stereocenters. The van der Waals surface area contributed by atoms with Crippen LogP contribution in [0.25, 0.3) is 11.0 Å². The van der Waals surface area contributed by atoms with E-state index in [1.54, 1.807) is 32.7 Å². The molecule has 0 aliphatic carbocycles. The molecule has 0 radical (unpaired) electrons. The van der Waals surface area contributed by atoms with Gasteiger partial charge in [0.1, 0.15) is 11.5 Å². The van der Waals surface area contributed by atoms with Gasteiger partial charge < -0.3 is 14.5 Å². The number of H-pyrrole nitrogens is 1. The molecule has 0 unspecified atom stereocenters. The second-order valence-electron chi connectivity index (χ2n) is 6.58. The number of benzene rings is 2. The zero-order valence-electron chi connectivity index (χ0n) is 15.9. The van der Waals surface area contributed by atoms with E-state index in [1.807, 2.05) is 23.1 Å². The van der Waals surface area contributed by atoms with Crippen molar-refractivity contribution in [2.45, 2.75) is 0 Å². The third-order valence-corrected chi connectivity index (χ3v) is 4.98. The Hall–Kier alpha value is -3.88. The van der Waals surface area contributed by atoms with Crippen molar-refractivity contribution in [3.05, 3.63) is 47.8 Å². The monoisotopic (exact) mass is 390 g/mol. The molecule has 2 aromatic carbocycles.